The summed E-state index contributed by atoms with van der Waals surface area (Å²) in [4.78, 5) is 68.9. The molecule has 1 aliphatic carbocycles. The Kier molecular flexibility index (Phi) is 15.7. The fourth-order valence-electron chi connectivity index (χ4n) is 6.99. The van der Waals surface area contributed by atoms with E-state index < -0.39 is 33.9 Å². The van der Waals surface area contributed by atoms with E-state index in [1.54, 1.807) is 0 Å². The van der Waals surface area contributed by atoms with Gasteiger partial charge in [-0.2, -0.15) is 0 Å². The van der Waals surface area contributed by atoms with Crippen molar-refractivity contribution in [1.29, 1.82) is 0 Å². The van der Waals surface area contributed by atoms with Crippen molar-refractivity contribution in [3.8, 4) is 0 Å². The van der Waals surface area contributed by atoms with E-state index in [-0.39, 0.29) is 43.4 Å². The van der Waals surface area contributed by atoms with Gasteiger partial charge in [0.25, 0.3) is 12.9 Å². The van der Waals surface area contributed by atoms with Gasteiger partial charge in [0.05, 0.1) is 26.2 Å². The van der Waals surface area contributed by atoms with Crippen molar-refractivity contribution in [2.75, 3.05) is 59.0 Å². The Morgan fingerprint density at radius 2 is 1.16 bits per heavy atom. The van der Waals surface area contributed by atoms with Crippen LogP contribution in [0, 0.1) is 11.8 Å². The van der Waals surface area contributed by atoms with Crippen molar-refractivity contribution in [1.82, 2.24) is 14.7 Å². The minimum Gasteiger partial charge on any atom is -0.468 e. The van der Waals surface area contributed by atoms with Gasteiger partial charge in [-0.15, -0.1) is 0 Å². The molecule has 13 nitrogen and oxygen atoms in total. The van der Waals surface area contributed by atoms with Gasteiger partial charge in [-0.3, -0.25) is 38.7 Å². The molecule has 1 heterocycles. The largest absolute Gasteiger partial charge is 0.468 e. The fourth-order valence-corrected chi connectivity index (χ4v) is 6.99. The molecule has 0 aromatic carbocycles. The second-order valence-electron chi connectivity index (χ2n) is 17.6. The van der Waals surface area contributed by atoms with E-state index in [2.05, 4.69) is 14.7 Å². The van der Waals surface area contributed by atoms with Gasteiger partial charge in [0.2, 0.25) is 0 Å². The average molecular weight is 712 g/mol. The summed E-state index contributed by atoms with van der Waals surface area (Å²) in [5, 5.41) is 0. The van der Waals surface area contributed by atoms with Crippen molar-refractivity contribution >= 4 is 30.9 Å². The third-order valence-electron chi connectivity index (χ3n) is 9.00. The van der Waals surface area contributed by atoms with E-state index in [0.717, 1.165) is 25.7 Å². The number of rotatable bonds is 16. The molecule has 0 aromatic heterocycles. The summed E-state index contributed by atoms with van der Waals surface area (Å²) in [6.45, 7) is 23.5. The molecule has 0 unspecified atom stereocenters. The van der Waals surface area contributed by atoms with Crippen LogP contribution in [0.1, 0.15) is 108 Å². The van der Waals surface area contributed by atoms with Gasteiger partial charge in [-0.05, 0) is 120 Å². The lowest BCUT2D eigenvalue weighted by atomic mass is 9.70. The molecule has 1 saturated carbocycles. The van der Waals surface area contributed by atoms with Crippen LogP contribution in [-0.2, 0) is 47.7 Å². The number of carbonyl (C=O) groups excluding carboxylic acids is 5. The normalized spacial score (nSPS) is 21.1. The molecule has 2 fully saturated rings. The number of nitrogens with zero attached hydrogens (tertiary/aromatic N) is 3. The average Bonchev–Trinajstić information content (AvgIpc) is 3.11. The molecular weight excluding hydrogens is 646 g/mol. The van der Waals surface area contributed by atoms with Crippen molar-refractivity contribution in [3.63, 3.8) is 0 Å². The first-order chi connectivity index (χ1) is 23.0. The first-order valence-corrected chi connectivity index (χ1v) is 18.0. The van der Waals surface area contributed by atoms with Crippen LogP contribution in [-0.4, -0.2) is 132 Å². The van der Waals surface area contributed by atoms with Crippen molar-refractivity contribution in [2.45, 2.75) is 136 Å². The van der Waals surface area contributed by atoms with Crippen LogP contribution >= 0.6 is 0 Å². The van der Waals surface area contributed by atoms with E-state index in [9.17, 15) is 24.0 Å². The molecule has 1 aliphatic heterocycles. The number of hydrogen-bond acceptors (Lipinski definition) is 13. The molecule has 0 N–H and O–H groups in total. The molecule has 0 radical (unpaired) electrons. The maximum atomic E-state index is 13.7. The highest BCUT2D eigenvalue weighted by molar-refractivity contribution is 5.73. The molecule has 13 heteroatoms. The third kappa shape index (κ3) is 15.6. The number of carbonyl (C=O) groups is 5. The highest BCUT2D eigenvalue weighted by atomic mass is 16.6. The molecule has 0 atom stereocenters. The topological polar surface area (TPSA) is 141 Å². The van der Waals surface area contributed by atoms with Crippen LogP contribution in [0.5, 0.6) is 0 Å². The monoisotopic (exact) mass is 711 g/mol. The smallest absolute Gasteiger partial charge is 0.320 e. The Balaban J connectivity index is 2.70. The van der Waals surface area contributed by atoms with E-state index in [1.807, 2.05) is 76.2 Å². The maximum Gasteiger partial charge on any atom is 0.320 e. The summed E-state index contributed by atoms with van der Waals surface area (Å²) in [7, 11) is 0. The van der Waals surface area contributed by atoms with Crippen LogP contribution in [0.3, 0.4) is 0 Å². The molecular formula is C37H65N3O10. The highest BCUT2D eigenvalue weighted by Crippen LogP contribution is 2.41. The second-order valence-corrected chi connectivity index (χ2v) is 17.6. The minimum atomic E-state index is -0.823. The summed E-state index contributed by atoms with van der Waals surface area (Å²) >= 11 is 0. The maximum absolute atomic E-state index is 13.7. The van der Waals surface area contributed by atoms with E-state index >= 15 is 0 Å². The second kappa shape index (κ2) is 18.1. The molecule has 288 valence electrons. The van der Waals surface area contributed by atoms with E-state index in [1.165, 1.54) is 0 Å². The lowest BCUT2D eigenvalue weighted by molar-refractivity contribution is -0.163. The van der Waals surface area contributed by atoms with Crippen LogP contribution in [0.4, 0.5) is 0 Å². The summed E-state index contributed by atoms with van der Waals surface area (Å²) < 4.78 is 27.9. The van der Waals surface area contributed by atoms with Crippen LogP contribution in [0.15, 0.2) is 0 Å². The van der Waals surface area contributed by atoms with Crippen molar-refractivity contribution < 1.29 is 47.7 Å². The Hall–Kier alpha value is -2.77. The minimum absolute atomic E-state index is 0.0212. The Morgan fingerprint density at radius 1 is 0.700 bits per heavy atom. The van der Waals surface area contributed by atoms with E-state index in [4.69, 9.17) is 23.7 Å². The SMILES string of the molecule is CC(C)(C)OC(=O)CN1CCN(CC(=O)OC(C)(C)C)CC(C2CCC(COC=O)CC2)(N(CCC(C)(C)OC=O)CC(=O)OC(C)(C)C)C1. The Morgan fingerprint density at radius 3 is 1.58 bits per heavy atom. The van der Waals surface area contributed by atoms with Crippen LogP contribution in [0.2, 0.25) is 0 Å². The van der Waals surface area contributed by atoms with E-state index in [0.29, 0.717) is 58.7 Å². The standard InChI is InChI=1S/C37H65N3O10/c1-33(2,3)48-30(43)20-38-18-19-39(21-31(44)49-34(4,5)6)25-37(24-38,29-14-12-28(13-15-29)23-46-26-41)40(17-16-36(10,11)47-27-42)22-32(45)50-35(7,8)9/h26-29H,12-25H2,1-11H3. The van der Waals surface area contributed by atoms with Crippen molar-refractivity contribution in [2.24, 2.45) is 11.8 Å². The quantitative estimate of drug-likeness (QED) is 0.130. The van der Waals surface area contributed by atoms with Gasteiger partial charge in [0.15, 0.2) is 0 Å². The summed E-state index contributed by atoms with van der Waals surface area (Å²) in [5.74, 6) is -0.898. The van der Waals surface area contributed by atoms with Crippen molar-refractivity contribution in [3.05, 3.63) is 0 Å². The first kappa shape index (κ1) is 43.4. The third-order valence-corrected chi connectivity index (χ3v) is 9.00. The zero-order valence-corrected chi connectivity index (χ0v) is 32.6. The van der Waals surface area contributed by atoms with Gasteiger partial charge < -0.3 is 23.7 Å². The van der Waals surface area contributed by atoms with Gasteiger partial charge in [-0.25, -0.2) is 0 Å². The Bertz CT molecular complexity index is 1090. The predicted octanol–water partition coefficient (Wildman–Crippen LogP) is 3.99. The van der Waals surface area contributed by atoms with Gasteiger partial charge >= 0.3 is 17.9 Å². The Labute approximate surface area is 300 Å². The molecule has 50 heavy (non-hydrogen) atoms. The predicted molar refractivity (Wildman–Crippen MR) is 188 cm³/mol. The molecule has 2 aliphatic rings. The van der Waals surface area contributed by atoms with Crippen LogP contribution in [0.25, 0.3) is 0 Å². The van der Waals surface area contributed by atoms with Crippen LogP contribution < -0.4 is 0 Å². The summed E-state index contributed by atoms with van der Waals surface area (Å²) in [6, 6.07) is 0. The van der Waals surface area contributed by atoms with Gasteiger partial charge in [0, 0.05) is 38.3 Å². The zero-order valence-electron chi connectivity index (χ0n) is 32.6. The first-order valence-electron chi connectivity index (χ1n) is 18.0. The van der Waals surface area contributed by atoms with Gasteiger partial charge in [0.1, 0.15) is 22.4 Å². The number of esters is 3. The number of hydrogen-bond donors (Lipinski definition) is 0. The molecule has 0 bridgehead atoms. The summed E-state index contributed by atoms with van der Waals surface area (Å²) in [6.07, 6.45) is 3.56. The van der Waals surface area contributed by atoms with Gasteiger partial charge in [-0.1, -0.05) is 0 Å². The molecule has 0 aromatic rings. The lowest BCUT2D eigenvalue weighted by Crippen LogP contribution is -2.66. The highest BCUT2D eigenvalue weighted by Gasteiger charge is 2.50. The zero-order chi connectivity index (χ0) is 38.0. The molecule has 1 saturated heterocycles. The fraction of sp³-hybridized carbons (Fsp3) is 0.865. The molecule has 0 spiro atoms. The molecule has 0 amide bonds. The summed E-state index contributed by atoms with van der Waals surface area (Å²) in [5.41, 5.74) is -3.64. The number of ether oxygens (including phenoxy) is 5. The molecule has 2 rings (SSSR count). The lowest BCUT2D eigenvalue weighted by Gasteiger charge is -2.53.